The summed E-state index contributed by atoms with van der Waals surface area (Å²) in [6.45, 7) is 10.1. The molecular formula is C21H32N2O. The Morgan fingerprint density at radius 1 is 1.21 bits per heavy atom. The second-order valence-corrected chi connectivity index (χ2v) is 8.17. The molecule has 3 nitrogen and oxygen atoms in total. The van der Waals surface area contributed by atoms with Gasteiger partial charge in [-0.2, -0.15) is 0 Å². The van der Waals surface area contributed by atoms with Crippen LogP contribution in [0.4, 0.5) is 0 Å². The number of fused-ring (bicyclic) bond motifs is 1. The maximum Gasteiger partial charge on any atom is 0.256 e. The third-order valence-electron chi connectivity index (χ3n) is 6.08. The van der Waals surface area contributed by atoms with Crippen molar-refractivity contribution in [3.63, 3.8) is 0 Å². The van der Waals surface area contributed by atoms with Crippen molar-refractivity contribution in [2.24, 2.45) is 17.8 Å². The van der Waals surface area contributed by atoms with E-state index in [0.717, 1.165) is 30.5 Å². The Bertz CT molecular complexity index is 583. The average molecular weight is 329 g/mol. The van der Waals surface area contributed by atoms with Crippen LogP contribution in [-0.4, -0.2) is 23.4 Å². The van der Waals surface area contributed by atoms with Crippen molar-refractivity contribution in [2.45, 2.75) is 65.6 Å². The van der Waals surface area contributed by atoms with E-state index in [0.29, 0.717) is 23.8 Å². The molecule has 0 saturated heterocycles. The Labute approximate surface area is 146 Å². The number of hydrogen-bond donors (Lipinski definition) is 1. The van der Waals surface area contributed by atoms with E-state index in [4.69, 9.17) is 0 Å². The van der Waals surface area contributed by atoms with Crippen LogP contribution in [0.5, 0.6) is 0 Å². The van der Waals surface area contributed by atoms with Crippen molar-refractivity contribution in [3.05, 3.63) is 35.4 Å². The van der Waals surface area contributed by atoms with Gasteiger partial charge in [0, 0.05) is 17.2 Å². The monoisotopic (exact) mass is 328 g/mol. The van der Waals surface area contributed by atoms with Crippen molar-refractivity contribution in [1.29, 1.82) is 0 Å². The number of nitrogens with zero attached hydrogens (tertiary/aromatic N) is 1. The van der Waals surface area contributed by atoms with E-state index in [1.165, 1.54) is 12.8 Å². The Hall–Kier alpha value is -1.35. The molecule has 0 unspecified atom stereocenters. The summed E-state index contributed by atoms with van der Waals surface area (Å²) in [4.78, 5) is 15.3. The summed E-state index contributed by atoms with van der Waals surface area (Å²) in [6.07, 6.45) is 4.84. The second kappa shape index (κ2) is 7.26. The van der Waals surface area contributed by atoms with E-state index in [9.17, 15) is 4.79 Å². The predicted octanol–water partition coefficient (Wildman–Crippen LogP) is 4.60. The molecule has 1 fully saturated rings. The van der Waals surface area contributed by atoms with E-state index >= 15 is 0 Å². The summed E-state index contributed by atoms with van der Waals surface area (Å²) >= 11 is 0. The van der Waals surface area contributed by atoms with Crippen LogP contribution in [0.15, 0.2) is 24.3 Å². The van der Waals surface area contributed by atoms with Crippen molar-refractivity contribution in [3.8, 4) is 0 Å². The van der Waals surface area contributed by atoms with E-state index in [1.54, 1.807) is 0 Å². The van der Waals surface area contributed by atoms with Gasteiger partial charge in [-0.25, -0.2) is 0 Å². The molecule has 1 aromatic rings. The normalized spacial score (nSPS) is 30.0. The minimum atomic E-state index is 0.0465. The summed E-state index contributed by atoms with van der Waals surface area (Å²) in [6, 6.07) is 8.51. The predicted molar refractivity (Wildman–Crippen MR) is 98.8 cm³/mol. The minimum Gasteiger partial charge on any atom is -0.316 e. The second-order valence-electron chi connectivity index (χ2n) is 8.17. The van der Waals surface area contributed by atoms with Crippen molar-refractivity contribution < 1.29 is 4.79 Å². The number of carbonyl (C=O) groups is 1. The van der Waals surface area contributed by atoms with Gasteiger partial charge in [-0.1, -0.05) is 58.7 Å². The van der Waals surface area contributed by atoms with Gasteiger partial charge in [-0.05, 0) is 43.2 Å². The number of rotatable bonds is 5. The zero-order valence-electron chi connectivity index (χ0n) is 15.6. The Morgan fingerprint density at radius 2 is 1.96 bits per heavy atom. The molecule has 4 atom stereocenters. The summed E-state index contributed by atoms with van der Waals surface area (Å²) in [5, 5.41) is 3.69. The summed E-state index contributed by atoms with van der Waals surface area (Å²) < 4.78 is 0. The molecule has 132 valence electrons. The average Bonchev–Trinajstić information content (AvgIpc) is 2.83. The van der Waals surface area contributed by atoms with E-state index < -0.39 is 0 Å². The van der Waals surface area contributed by atoms with Crippen LogP contribution >= 0.6 is 0 Å². The number of carbonyl (C=O) groups excluding carboxylic acids is 1. The van der Waals surface area contributed by atoms with Gasteiger partial charge < -0.3 is 4.90 Å². The minimum absolute atomic E-state index is 0.0465. The van der Waals surface area contributed by atoms with Gasteiger partial charge in [0.25, 0.3) is 5.91 Å². The topological polar surface area (TPSA) is 32.3 Å². The molecule has 1 saturated carbocycles. The van der Waals surface area contributed by atoms with Gasteiger partial charge in [0.2, 0.25) is 0 Å². The zero-order chi connectivity index (χ0) is 17.3. The third kappa shape index (κ3) is 3.23. The molecule has 0 radical (unpaired) electrons. The molecule has 1 amide bonds. The molecule has 24 heavy (non-hydrogen) atoms. The fourth-order valence-corrected chi connectivity index (χ4v) is 4.34. The smallest absolute Gasteiger partial charge is 0.256 e. The van der Waals surface area contributed by atoms with Gasteiger partial charge in [-0.3, -0.25) is 10.1 Å². The summed E-state index contributed by atoms with van der Waals surface area (Å²) in [7, 11) is 0. The third-order valence-corrected chi connectivity index (χ3v) is 6.08. The van der Waals surface area contributed by atoms with Crippen molar-refractivity contribution >= 4 is 5.91 Å². The molecule has 0 bridgehead atoms. The highest BCUT2D eigenvalue weighted by Crippen LogP contribution is 2.41. The first-order valence-corrected chi connectivity index (χ1v) is 9.65. The molecular weight excluding hydrogens is 296 g/mol. The standard InChI is InChI=1S/C21H32N2O/c1-14(2)12-13-22-20-17-9-5-6-10-18(17)21(24)23(20)19-11-7-8-15(3)16(19)4/h5-6,9-10,14-16,19-20,22H,7-8,11-13H2,1-4H3/t15-,16+,19+,20-/m0/s1. The van der Waals surface area contributed by atoms with Gasteiger partial charge in [0.15, 0.2) is 0 Å². The summed E-state index contributed by atoms with van der Waals surface area (Å²) in [5.74, 6) is 2.15. The van der Waals surface area contributed by atoms with Crippen LogP contribution < -0.4 is 5.32 Å². The number of nitrogens with one attached hydrogen (secondary N) is 1. The maximum atomic E-state index is 13.1. The first kappa shape index (κ1) is 17.5. The molecule has 1 heterocycles. The van der Waals surface area contributed by atoms with E-state index in [-0.39, 0.29) is 12.1 Å². The van der Waals surface area contributed by atoms with Crippen molar-refractivity contribution in [1.82, 2.24) is 10.2 Å². The number of amides is 1. The van der Waals surface area contributed by atoms with Gasteiger partial charge in [0.1, 0.15) is 6.17 Å². The first-order chi connectivity index (χ1) is 11.5. The van der Waals surface area contributed by atoms with Crippen LogP contribution in [0.1, 0.15) is 75.5 Å². The largest absolute Gasteiger partial charge is 0.316 e. The Morgan fingerprint density at radius 3 is 2.71 bits per heavy atom. The molecule has 1 aromatic carbocycles. The fraction of sp³-hybridized carbons (Fsp3) is 0.667. The Balaban J connectivity index is 1.86. The van der Waals surface area contributed by atoms with Crippen molar-refractivity contribution in [2.75, 3.05) is 6.54 Å². The van der Waals surface area contributed by atoms with E-state index in [1.807, 2.05) is 12.1 Å². The van der Waals surface area contributed by atoms with Crippen LogP contribution in [0.25, 0.3) is 0 Å². The lowest BCUT2D eigenvalue weighted by molar-refractivity contribution is 0.0319. The highest BCUT2D eigenvalue weighted by Gasteiger charge is 2.43. The molecule has 1 aliphatic carbocycles. The van der Waals surface area contributed by atoms with Crippen LogP contribution in [0.3, 0.4) is 0 Å². The highest BCUT2D eigenvalue weighted by atomic mass is 16.2. The first-order valence-electron chi connectivity index (χ1n) is 9.65. The maximum absolute atomic E-state index is 13.1. The van der Waals surface area contributed by atoms with Gasteiger partial charge >= 0.3 is 0 Å². The molecule has 2 aliphatic rings. The molecule has 0 spiro atoms. The number of benzene rings is 1. The lowest BCUT2D eigenvalue weighted by Crippen LogP contribution is -2.49. The molecule has 1 N–H and O–H groups in total. The van der Waals surface area contributed by atoms with E-state index in [2.05, 4.69) is 50.0 Å². The quantitative estimate of drug-likeness (QED) is 0.856. The lowest BCUT2D eigenvalue weighted by Gasteiger charge is -2.42. The van der Waals surface area contributed by atoms with Crippen LogP contribution in [-0.2, 0) is 0 Å². The van der Waals surface area contributed by atoms with Gasteiger partial charge in [-0.15, -0.1) is 0 Å². The SMILES string of the molecule is CC(C)CCN[C@@H]1c2ccccc2C(=O)N1[C@@H]1CCC[C@H](C)[C@H]1C. The highest BCUT2D eigenvalue weighted by molar-refractivity contribution is 5.99. The fourth-order valence-electron chi connectivity index (χ4n) is 4.34. The number of hydrogen-bond acceptors (Lipinski definition) is 2. The van der Waals surface area contributed by atoms with Crippen LogP contribution in [0, 0.1) is 17.8 Å². The molecule has 1 aliphatic heterocycles. The molecule has 3 rings (SSSR count). The van der Waals surface area contributed by atoms with Gasteiger partial charge in [0.05, 0.1) is 0 Å². The Kier molecular flexibility index (Phi) is 5.29. The van der Waals surface area contributed by atoms with Crippen LogP contribution in [0.2, 0.25) is 0 Å². The molecule has 3 heteroatoms. The zero-order valence-corrected chi connectivity index (χ0v) is 15.6. The summed E-state index contributed by atoms with van der Waals surface area (Å²) in [5.41, 5.74) is 2.06. The lowest BCUT2D eigenvalue weighted by atomic mass is 9.77. The molecule has 0 aromatic heterocycles.